The zero-order valence-corrected chi connectivity index (χ0v) is 12.0. The number of methoxy groups -OCH3 is 1. The molecule has 11 heteroatoms. The van der Waals surface area contributed by atoms with Crippen molar-refractivity contribution in [2.75, 3.05) is 13.7 Å². The van der Waals surface area contributed by atoms with Crippen LogP contribution in [0.3, 0.4) is 0 Å². The van der Waals surface area contributed by atoms with Crippen molar-refractivity contribution in [3.05, 3.63) is 27.8 Å². The summed E-state index contributed by atoms with van der Waals surface area (Å²) in [5.74, 6) is -2.13. The Kier molecular flexibility index (Phi) is 4.87. The van der Waals surface area contributed by atoms with E-state index in [1.165, 1.54) is 6.92 Å². The van der Waals surface area contributed by atoms with Gasteiger partial charge in [-0.15, -0.1) is 0 Å². The van der Waals surface area contributed by atoms with Crippen LogP contribution >= 0.6 is 0 Å². The average Bonchev–Trinajstić information content (AvgIpc) is 2.46. The van der Waals surface area contributed by atoms with Gasteiger partial charge < -0.3 is 20.1 Å². The lowest BCUT2D eigenvalue weighted by Crippen LogP contribution is -2.57. The SMILES string of the molecule is CC[N+](C(=O)O)(C(=O)O)c1c(OC)ccc(C(=O)O)c1[N+](=O)[O-]. The van der Waals surface area contributed by atoms with E-state index in [4.69, 9.17) is 9.84 Å². The molecule has 0 unspecified atom stereocenters. The quantitative estimate of drug-likeness (QED) is 0.416. The largest absolute Gasteiger partial charge is 0.529 e. The van der Waals surface area contributed by atoms with Gasteiger partial charge in [0.2, 0.25) is 0 Å². The minimum atomic E-state index is -1.93. The van der Waals surface area contributed by atoms with Crippen LogP contribution in [0.5, 0.6) is 5.75 Å². The average molecular weight is 329 g/mol. The second kappa shape index (κ2) is 6.27. The second-order valence-electron chi connectivity index (χ2n) is 4.27. The second-order valence-corrected chi connectivity index (χ2v) is 4.27. The van der Waals surface area contributed by atoms with Crippen molar-refractivity contribution in [1.82, 2.24) is 4.48 Å². The molecule has 0 radical (unpaired) electrons. The summed E-state index contributed by atoms with van der Waals surface area (Å²) in [6, 6.07) is 1.82. The number of quaternary nitrogens is 1. The Bertz CT molecular complexity index is 684. The highest BCUT2D eigenvalue weighted by molar-refractivity contribution is 6.07. The molecule has 0 saturated heterocycles. The summed E-state index contributed by atoms with van der Waals surface area (Å²) in [4.78, 5) is 44.5. The fraction of sp³-hybridized carbons (Fsp3) is 0.250. The van der Waals surface area contributed by atoms with Crippen LogP contribution in [0.4, 0.5) is 21.0 Å². The number of carbonyl (C=O) groups is 3. The van der Waals surface area contributed by atoms with Gasteiger partial charge in [0.1, 0.15) is 12.1 Å². The number of aromatic carboxylic acids is 1. The van der Waals surface area contributed by atoms with Gasteiger partial charge in [0.25, 0.3) is 5.69 Å². The lowest BCUT2D eigenvalue weighted by atomic mass is 10.1. The number of amides is 2. The molecule has 0 aliphatic carbocycles. The standard InChI is InChI=1S/C12H12N2O9/c1-3-14(11(17)18,12(19)20)9-7(23-2)5-4-6(10(15)16)8(9)13(21)22/h4-5H,3H2,1-2H3,(H2-,15,16,17,18,19,20)/p+1. The van der Waals surface area contributed by atoms with E-state index in [2.05, 4.69) is 0 Å². The molecular formula is C12H13N2O9+. The topological polar surface area (TPSA) is 164 Å². The van der Waals surface area contributed by atoms with E-state index in [-0.39, 0.29) is 0 Å². The van der Waals surface area contributed by atoms with E-state index in [9.17, 15) is 34.7 Å². The van der Waals surface area contributed by atoms with Gasteiger partial charge in [-0.05, 0) is 19.1 Å². The predicted molar refractivity (Wildman–Crippen MR) is 75.0 cm³/mol. The number of nitro benzene ring substituents is 1. The third-order valence-electron chi connectivity index (χ3n) is 3.26. The van der Waals surface area contributed by atoms with E-state index >= 15 is 0 Å². The van der Waals surface area contributed by atoms with Crippen LogP contribution < -0.4 is 9.22 Å². The summed E-state index contributed by atoms with van der Waals surface area (Å²) < 4.78 is 2.94. The van der Waals surface area contributed by atoms with Crippen LogP contribution in [0.1, 0.15) is 17.3 Å². The smallest absolute Gasteiger partial charge is 0.491 e. The van der Waals surface area contributed by atoms with Gasteiger partial charge in [-0.3, -0.25) is 10.1 Å². The Morgan fingerprint density at radius 1 is 1.22 bits per heavy atom. The Balaban J connectivity index is 4.10. The third-order valence-corrected chi connectivity index (χ3v) is 3.26. The van der Waals surface area contributed by atoms with E-state index in [1.54, 1.807) is 0 Å². The molecule has 1 aromatic rings. The Labute approximate surface area is 128 Å². The summed E-state index contributed by atoms with van der Waals surface area (Å²) in [6.45, 7) is 0.559. The number of rotatable bonds is 5. The van der Waals surface area contributed by atoms with Crippen molar-refractivity contribution in [1.29, 1.82) is 0 Å². The molecule has 0 fully saturated rings. The van der Waals surface area contributed by atoms with Crippen molar-refractivity contribution >= 4 is 29.5 Å². The maximum absolute atomic E-state index is 11.6. The molecule has 1 rings (SSSR count). The lowest BCUT2D eigenvalue weighted by molar-refractivity contribution is -0.385. The predicted octanol–water partition coefficient (Wildman–Crippen LogP) is 1.98. The minimum absolute atomic E-state index is 0.423. The molecule has 0 atom stereocenters. The monoisotopic (exact) mass is 329 g/mol. The summed E-state index contributed by atoms with van der Waals surface area (Å²) in [7, 11) is 1.05. The number of benzene rings is 1. The highest BCUT2D eigenvalue weighted by atomic mass is 16.6. The zero-order valence-electron chi connectivity index (χ0n) is 12.0. The van der Waals surface area contributed by atoms with Crippen molar-refractivity contribution in [3.63, 3.8) is 0 Å². The summed E-state index contributed by atoms with van der Waals surface area (Å²) in [5.41, 5.74) is -2.87. The number of nitrogens with zero attached hydrogens (tertiary/aromatic N) is 2. The molecule has 124 valence electrons. The van der Waals surface area contributed by atoms with Gasteiger partial charge in [0.15, 0.2) is 5.75 Å². The van der Waals surface area contributed by atoms with Crippen LogP contribution in [0.15, 0.2) is 12.1 Å². The molecule has 0 aliphatic rings. The molecule has 0 bridgehead atoms. The first-order valence-corrected chi connectivity index (χ1v) is 6.09. The van der Waals surface area contributed by atoms with Crippen LogP contribution in [-0.4, -0.2) is 52.1 Å². The number of carboxylic acids is 1. The molecule has 0 spiro atoms. The van der Waals surface area contributed by atoms with E-state index in [0.717, 1.165) is 19.2 Å². The maximum atomic E-state index is 11.6. The molecule has 0 aromatic heterocycles. The molecule has 11 nitrogen and oxygen atoms in total. The summed E-state index contributed by atoms with van der Waals surface area (Å²) in [6.07, 6.45) is -3.85. The fourth-order valence-electron chi connectivity index (χ4n) is 2.15. The zero-order chi connectivity index (χ0) is 17.9. The molecule has 1 aromatic carbocycles. The van der Waals surface area contributed by atoms with E-state index < -0.39 is 56.8 Å². The Morgan fingerprint density at radius 3 is 2.04 bits per heavy atom. The summed E-state index contributed by atoms with van der Waals surface area (Å²) >= 11 is 0. The normalized spacial score (nSPS) is 10.9. The van der Waals surface area contributed by atoms with Crippen LogP contribution in [-0.2, 0) is 0 Å². The van der Waals surface area contributed by atoms with E-state index in [1.807, 2.05) is 0 Å². The molecular weight excluding hydrogens is 316 g/mol. The number of hydrogen-bond acceptors (Lipinski definition) is 6. The molecule has 2 amide bonds. The third kappa shape index (κ3) is 2.64. The molecule has 0 heterocycles. The van der Waals surface area contributed by atoms with Gasteiger partial charge in [-0.1, -0.05) is 4.48 Å². The summed E-state index contributed by atoms with van der Waals surface area (Å²) in [5, 5.41) is 39.1. The van der Waals surface area contributed by atoms with Gasteiger partial charge in [0.05, 0.1) is 12.0 Å². The number of hydrogen-bond donors (Lipinski definition) is 3. The first kappa shape index (κ1) is 17.8. The van der Waals surface area contributed by atoms with Crippen molar-refractivity contribution in [3.8, 4) is 5.75 Å². The van der Waals surface area contributed by atoms with Crippen molar-refractivity contribution < 1.29 is 39.4 Å². The molecule has 0 aliphatic heterocycles. The van der Waals surface area contributed by atoms with Crippen molar-refractivity contribution in [2.45, 2.75) is 6.92 Å². The number of nitro groups is 1. The Hall–Kier alpha value is -3.21. The highest BCUT2D eigenvalue weighted by Gasteiger charge is 2.55. The van der Waals surface area contributed by atoms with Crippen molar-refractivity contribution in [2.24, 2.45) is 0 Å². The molecule has 0 saturated carbocycles. The first-order valence-electron chi connectivity index (χ1n) is 6.09. The van der Waals surface area contributed by atoms with Crippen LogP contribution in [0.25, 0.3) is 0 Å². The Morgan fingerprint density at radius 2 is 1.74 bits per heavy atom. The van der Waals surface area contributed by atoms with Gasteiger partial charge in [0, 0.05) is 0 Å². The molecule has 3 N–H and O–H groups in total. The number of carboxylic acid groups (broad SMARTS) is 3. The lowest BCUT2D eigenvalue weighted by Gasteiger charge is -2.25. The van der Waals surface area contributed by atoms with Crippen LogP contribution in [0.2, 0.25) is 0 Å². The molecule has 23 heavy (non-hydrogen) atoms. The van der Waals surface area contributed by atoms with Gasteiger partial charge in [-0.2, -0.15) is 9.59 Å². The van der Waals surface area contributed by atoms with E-state index in [0.29, 0.717) is 0 Å². The van der Waals surface area contributed by atoms with Crippen LogP contribution in [0, 0.1) is 10.1 Å². The minimum Gasteiger partial charge on any atom is -0.491 e. The maximum Gasteiger partial charge on any atom is 0.529 e. The van der Waals surface area contributed by atoms with Gasteiger partial charge in [-0.25, -0.2) is 4.79 Å². The number of ether oxygens (including phenoxy) is 1. The van der Waals surface area contributed by atoms with Gasteiger partial charge >= 0.3 is 23.8 Å². The fourth-order valence-corrected chi connectivity index (χ4v) is 2.15. The highest BCUT2D eigenvalue weighted by Crippen LogP contribution is 2.44. The first-order chi connectivity index (χ1) is 10.6. The number of imide groups is 1.